The van der Waals surface area contributed by atoms with Crippen LogP contribution in [0.15, 0.2) is 12.7 Å². The van der Waals surface area contributed by atoms with Gasteiger partial charge in [-0.15, -0.1) is 19.0 Å². The Morgan fingerprint density at radius 2 is 1.33 bits per heavy atom. The SMILES string of the molecule is C=C[C@H](N)C(F)(F)C(F)(F)C(F)(F)F.Cl. The van der Waals surface area contributed by atoms with Crippen LogP contribution < -0.4 is 5.73 Å². The molecular formula is C6H7ClF7N. The number of halogens is 8. The zero-order chi connectivity index (χ0) is 11.8. The van der Waals surface area contributed by atoms with E-state index in [1.807, 2.05) is 0 Å². The Morgan fingerprint density at radius 3 is 1.53 bits per heavy atom. The monoisotopic (exact) mass is 261 g/mol. The Labute approximate surface area is 86.5 Å². The molecular weight excluding hydrogens is 255 g/mol. The molecule has 1 nitrogen and oxygen atoms in total. The molecule has 0 aliphatic rings. The van der Waals surface area contributed by atoms with E-state index in [4.69, 9.17) is 0 Å². The number of rotatable bonds is 3. The summed E-state index contributed by atoms with van der Waals surface area (Å²) >= 11 is 0. The van der Waals surface area contributed by atoms with E-state index in [2.05, 4.69) is 12.3 Å². The molecule has 0 unspecified atom stereocenters. The second kappa shape index (κ2) is 4.56. The molecule has 0 aliphatic carbocycles. The fourth-order valence-corrected chi connectivity index (χ4v) is 0.546. The lowest BCUT2D eigenvalue weighted by Gasteiger charge is -2.30. The molecule has 9 heteroatoms. The van der Waals surface area contributed by atoms with Crippen molar-refractivity contribution in [3.63, 3.8) is 0 Å². The van der Waals surface area contributed by atoms with Gasteiger partial charge >= 0.3 is 18.0 Å². The van der Waals surface area contributed by atoms with Crippen molar-refractivity contribution in [3.05, 3.63) is 12.7 Å². The third kappa shape index (κ3) is 2.75. The summed E-state index contributed by atoms with van der Waals surface area (Å²) in [7, 11) is 0. The molecule has 0 aromatic rings. The molecule has 0 radical (unpaired) electrons. The van der Waals surface area contributed by atoms with Gasteiger partial charge in [-0.3, -0.25) is 0 Å². The van der Waals surface area contributed by atoms with Crippen LogP contribution in [0.5, 0.6) is 0 Å². The maximum absolute atomic E-state index is 12.4. The van der Waals surface area contributed by atoms with E-state index in [1.165, 1.54) is 0 Å². The molecule has 0 spiro atoms. The lowest BCUT2D eigenvalue weighted by Crippen LogP contribution is -2.59. The molecule has 15 heavy (non-hydrogen) atoms. The quantitative estimate of drug-likeness (QED) is 0.613. The number of hydrogen-bond donors (Lipinski definition) is 1. The fraction of sp³-hybridized carbons (Fsp3) is 0.667. The average Bonchev–Trinajstić information content (AvgIpc) is 2.00. The molecule has 0 fully saturated rings. The Morgan fingerprint density at radius 1 is 1.00 bits per heavy atom. The molecule has 0 bridgehead atoms. The third-order valence-electron chi connectivity index (χ3n) is 1.45. The van der Waals surface area contributed by atoms with Gasteiger partial charge in [0, 0.05) is 0 Å². The molecule has 0 rings (SSSR count). The summed E-state index contributed by atoms with van der Waals surface area (Å²) in [5.74, 6) is -11.6. The highest BCUT2D eigenvalue weighted by atomic mass is 35.5. The fourth-order valence-electron chi connectivity index (χ4n) is 0.546. The minimum atomic E-state index is -6.35. The normalized spacial score (nSPS) is 15.5. The van der Waals surface area contributed by atoms with Gasteiger partial charge in [0.05, 0.1) is 6.04 Å². The molecule has 1 atom stereocenters. The highest BCUT2D eigenvalue weighted by Gasteiger charge is 2.74. The van der Waals surface area contributed by atoms with E-state index in [-0.39, 0.29) is 18.5 Å². The summed E-state index contributed by atoms with van der Waals surface area (Å²) in [5, 5.41) is 0. The molecule has 0 aliphatic heterocycles. The second-order valence-corrected chi connectivity index (χ2v) is 2.46. The summed E-state index contributed by atoms with van der Waals surface area (Å²) in [6, 6.07) is -2.76. The van der Waals surface area contributed by atoms with Crippen LogP contribution in [0.4, 0.5) is 30.7 Å². The lowest BCUT2D eigenvalue weighted by molar-refractivity contribution is -0.356. The van der Waals surface area contributed by atoms with Crippen molar-refractivity contribution >= 4 is 12.4 Å². The van der Waals surface area contributed by atoms with E-state index in [9.17, 15) is 30.7 Å². The van der Waals surface area contributed by atoms with Gasteiger partial charge < -0.3 is 5.73 Å². The molecule has 0 aromatic carbocycles. The van der Waals surface area contributed by atoms with E-state index in [0.717, 1.165) is 0 Å². The van der Waals surface area contributed by atoms with Gasteiger partial charge in [0.25, 0.3) is 0 Å². The third-order valence-corrected chi connectivity index (χ3v) is 1.45. The van der Waals surface area contributed by atoms with Crippen LogP contribution in [-0.2, 0) is 0 Å². The van der Waals surface area contributed by atoms with E-state index in [0.29, 0.717) is 0 Å². The number of alkyl halides is 7. The van der Waals surface area contributed by atoms with E-state index >= 15 is 0 Å². The maximum Gasteiger partial charge on any atom is 0.459 e. The summed E-state index contributed by atoms with van der Waals surface area (Å²) in [6.45, 7) is 2.62. The van der Waals surface area contributed by atoms with Crippen molar-refractivity contribution < 1.29 is 30.7 Å². The van der Waals surface area contributed by atoms with Crippen LogP contribution in [-0.4, -0.2) is 24.1 Å². The smallest absolute Gasteiger partial charge is 0.319 e. The first-order valence-corrected chi connectivity index (χ1v) is 3.19. The molecule has 2 N–H and O–H groups in total. The predicted octanol–water partition coefficient (Wildman–Crippen LogP) is 2.75. The molecule has 0 aromatic heterocycles. The predicted molar refractivity (Wildman–Crippen MR) is 41.4 cm³/mol. The standard InChI is InChI=1S/C6H6F7N.ClH/c1-2-3(14)4(7,8)5(9,10)6(11,12)13;/h2-3H,1,14H2;1H/t3-;/m0./s1. The molecule has 0 saturated heterocycles. The summed E-state index contributed by atoms with van der Waals surface area (Å²) in [4.78, 5) is 0. The summed E-state index contributed by atoms with van der Waals surface area (Å²) in [5.41, 5.74) is 4.39. The highest BCUT2D eigenvalue weighted by molar-refractivity contribution is 5.85. The van der Waals surface area contributed by atoms with Crippen molar-refractivity contribution in [2.24, 2.45) is 5.73 Å². The molecule has 0 saturated carbocycles. The van der Waals surface area contributed by atoms with E-state index in [1.54, 1.807) is 0 Å². The lowest BCUT2D eigenvalue weighted by atomic mass is 10.0. The Bertz CT molecular complexity index is 224. The van der Waals surface area contributed by atoms with Crippen LogP contribution in [0.3, 0.4) is 0 Å². The number of nitrogens with two attached hydrogens (primary N) is 1. The minimum absolute atomic E-state index is 0. The van der Waals surface area contributed by atoms with Gasteiger partial charge in [0.1, 0.15) is 0 Å². The first kappa shape index (κ1) is 16.9. The molecule has 92 valence electrons. The first-order valence-electron chi connectivity index (χ1n) is 3.19. The Hall–Kier alpha value is -0.500. The van der Waals surface area contributed by atoms with Gasteiger partial charge in [-0.25, -0.2) is 0 Å². The first-order chi connectivity index (χ1) is 5.98. The van der Waals surface area contributed by atoms with Crippen LogP contribution in [0.1, 0.15) is 0 Å². The zero-order valence-corrected chi connectivity index (χ0v) is 7.81. The highest BCUT2D eigenvalue weighted by Crippen LogP contribution is 2.47. The largest absolute Gasteiger partial charge is 0.459 e. The van der Waals surface area contributed by atoms with Crippen molar-refractivity contribution in [3.8, 4) is 0 Å². The van der Waals surface area contributed by atoms with Gasteiger partial charge in [-0.05, 0) is 0 Å². The zero-order valence-electron chi connectivity index (χ0n) is 6.99. The van der Waals surface area contributed by atoms with Gasteiger partial charge in [-0.2, -0.15) is 30.7 Å². The van der Waals surface area contributed by atoms with E-state index < -0.39 is 24.1 Å². The van der Waals surface area contributed by atoms with Crippen LogP contribution in [0, 0.1) is 0 Å². The minimum Gasteiger partial charge on any atom is -0.319 e. The Kier molecular flexibility index (Phi) is 5.15. The second-order valence-electron chi connectivity index (χ2n) is 2.46. The van der Waals surface area contributed by atoms with Crippen LogP contribution in [0.25, 0.3) is 0 Å². The maximum atomic E-state index is 12.4. The molecule has 0 heterocycles. The van der Waals surface area contributed by atoms with Gasteiger partial charge in [-0.1, -0.05) is 6.08 Å². The topological polar surface area (TPSA) is 26.0 Å². The van der Waals surface area contributed by atoms with Crippen LogP contribution >= 0.6 is 12.4 Å². The summed E-state index contributed by atoms with van der Waals surface area (Å²) in [6.07, 6.45) is -6.23. The summed E-state index contributed by atoms with van der Waals surface area (Å²) < 4.78 is 83.7. The van der Waals surface area contributed by atoms with Crippen molar-refractivity contribution in [1.82, 2.24) is 0 Å². The van der Waals surface area contributed by atoms with Crippen molar-refractivity contribution in [2.45, 2.75) is 24.1 Å². The molecule has 0 amide bonds. The van der Waals surface area contributed by atoms with Crippen molar-refractivity contribution in [2.75, 3.05) is 0 Å². The van der Waals surface area contributed by atoms with Gasteiger partial charge in [0.2, 0.25) is 0 Å². The Balaban J connectivity index is 0. The van der Waals surface area contributed by atoms with Crippen LogP contribution in [0.2, 0.25) is 0 Å². The van der Waals surface area contributed by atoms with Gasteiger partial charge in [0.15, 0.2) is 0 Å². The number of hydrogen-bond acceptors (Lipinski definition) is 1. The average molecular weight is 262 g/mol. The van der Waals surface area contributed by atoms with Crippen molar-refractivity contribution in [1.29, 1.82) is 0 Å².